The van der Waals surface area contributed by atoms with Gasteiger partial charge in [-0.2, -0.15) is 0 Å². The zero-order valence-corrected chi connectivity index (χ0v) is 17.2. The first-order valence-electron chi connectivity index (χ1n) is 9.91. The first kappa shape index (κ1) is 20.4. The number of hydrogen-bond acceptors (Lipinski definition) is 4. The predicted octanol–water partition coefficient (Wildman–Crippen LogP) is 2.78. The van der Waals surface area contributed by atoms with Crippen LogP contribution in [-0.4, -0.2) is 67.5 Å². The van der Waals surface area contributed by atoms with E-state index in [9.17, 15) is 4.79 Å². The van der Waals surface area contributed by atoms with E-state index in [1.165, 1.54) is 11.1 Å². The maximum Gasteiger partial charge on any atom is 0.236 e. The Morgan fingerprint density at radius 3 is 2.46 bits per heavy atom. The fraction of sp³-hybridized carbons (Fsp3) is 0.435. The molecular weight excluding hydrogens is 350 g/mol. The summed E-state index contributed by atoms with van der Waals surface area (Å²) in [6, 6.07) is 16.5. The summed E-state index contributed by atoms with van der Waals surface area (Å²) in [6.45, 7) is 8.12. The number of piperazine rings is 1. The molecule has 28 heavy (non-hydrogen) atoms. The molecule has 2 aromatic carbocycles. The monoisotopic (exact) mass is 381 g/mol. The molecule has 0 bridgehead atoms. The summed E-state index contributed by atoms with van der Waals surface area (Å²) in [6.07, 6.45) is 0. The van der Waals surface area contributed by atoms with E-state index >= 15 is 0 Å². The van der Waals surface area contributed by atoms with Crippen molar-refractivity contribution in [3.63, 3.8) is 0 Å². The van der Waals surface area contributed by atoms with Gasteiger partial charge in [-0.15, -0.1) is 0 Å². The number of ether oxygens (including phenoxy) is 1. The molecule has 0 radical (unpaired) electrons. The molecule has 0 spiro atoms. The second-order valence-electron chi connectivity index (χ2n) is 7.58. The fourth-order valence-electron chi connectivity index (χ4n) is 3.58. The molecule has 1 aliphatic rings. The normalized spacial score (nSPS) is 15.4. The number of hydrogen-bond donors (Lipinski definition) is 0. The molecule has 0 unspecified atom stereocenters. The minimum atomic E-state index is 0.162. The van der Waals surface area contributed by atoms with Crippen molar-refractivity contribution in [3.05, 3.63) is 65.2 Å². The lowest BCUT2D eigenvalue weighted by molar-refractivity contribution is -0.132. The number of aryl methyl sites for hydroxylation is 1. The van der Waals surface area contributed by atoms with Crippen molar-refractivity contribution < 1.29 is 9.53 Å². The van der Waals surface area contributed by atoms with E-state index in [0.717, 1.165) is 44.0 Å². The van der Waals surface area contributed by atoms with E-state index in [2.05, 4.69) is 41.0 Å². The van der Waals surface area contributed by atoms with E-state index < -0.39 is 0 Å². The average molecular weight is 382 g/mol. The summed E-state index contributed by atoms with van der Waals surface area (Å²) < 4.78 is 5.26. The molecule has 0 saturated carbocycles. The van der Waals surface area contributed by atoms with Crippen LogP contribution in [0.15, 0.2) is 48.5 Å². The number of carbonyl (C=O) groups excluding carboxylic acids is 1. The van der Waals surface area contributed by atoms with E-state index in [4.69, 9.17) is 4.74 Å². The van der Waals surface area contributed by atoms with Crippen LogP contribution >= 0.6 is 0 Å². The number of likely N-dealkylation sites (N-methyl/N-ethyl adjacent to an activating group) is 1. The Balaban J connectivity index is 1.44. The molecule has 0 aliphatic carbocycles. The van der Waals surface area contributed by atoms with Crippen LogP contribution in [0.25, 0.3) is 0 Å². The lowest BCUT2D eigenvalue weighted by atomic mass is 10.1. The fourth-order valence-corrected chi connectivity index (χ4v) is 3.58. The molecule has 150 valence electrons. The molecule has 1 amide bonds. The SMILES string of the molecule is COc1cccc(CN(C)C(=O)CN2CCN(Cc3ccccc3C)CC2)c1. The Hall–Kier alpha value is -2.37. The highest BCUT2D eigenvalue weighted by Gasteiger charge is 2.21. The van der Waals surface area contributed by atoms with Crippen LogP contribution in [0.5, 0.6) is 5.75 Å². The van der Waals surface area contributed by atoms with Gasteiger partial charge in [-0.25, -0.2) is 0 Å². The van der Waals surface area contributed by atoms with Gasteiger partial charge in [0, 0.05) is 46.3 Å². The summed E-state index contributed by atoms with van der Waals surface area (Å²) in [5.41, 5.74) is 3.82. The van der Waals surface area contributed by atoms with Crippen molar-refractivity contribution in [2.24, 2.45) is 0 Å². The van der Waals surface area contributed by atoms with E-state index in [0.29, 0.717) is 13.1 Å². The average Bonchev–Trinajstić information content (AvgIpc) is 2.71. The standard InChI is InChI=1S/C23H31N3O2/c1-19-7-4-5-9-21(19)17-25-11-13-26(14-12-25)18-23(27)24(2)16-20-8-6-10-22(15-20)28-3/h4-10,15H,11-14,16-18H2,1-3H3. The zero-order chi connectivity index (χ0) is 19.9. The summed E-state index contributed by atoms with van der Waals surface area (Å²) in [5.74, 6) is 0.985. The van der Waals surface area contributed by atoms with Gasteiger partial charge in [0.05, 0.1) is 13.7 Å². The third-order valence-electron chi connectivity index (χ3n) is 5.46. The molecule has 3 rings (SSSR count). The van der Waals surface area contributed by atoms with Gasteiger partial charge in [-0.05, 0) is 35.7 Å². The molecule has 5 heteroatoms. The minimum Gasteiger partial charge on any atom is -0.497 e. The minimum absolute atomic E-state index is 0.162. The van der Waals surface area contributed by atoms with Crippen LogP contribution in [0.3, 0.4) is 0 Å². The second kappa shape index (κ2) is 9.71. The number of rotatable bonds is 7. The Kier molecular flexibility index (Phi) is 7.06. The van der Waals surface area contributed by atoms with Crippen LogP contribution in [0.4, 0.5) is 0 Å². The number of nitrogens with zero attached hydrogens (tertiary/aromatic N) is 3. The number of amides is 1. The first-order valence-corrected chi connectivity index (χ1v) is 9.91. The van der Waals surface area contributed by atoms with E-state index in [1.54, 1.807) is 12.0 Å². The topological polar surface area (TPSA) is 36.0 Å². The molecule has 1 saturated heterocycles. The number of methoxy groups -OCH3 is 1. The molecule has 2 aromatic rings. The van der Waals surface area contributed by atoms with Gasteiger partial charge in [0.15, 0.2) is 0 Å². The van der Waals surface area contributed by atoms with Crippen molar-refractivity contribution >= 4 is 5.91 Å². The molecule has 1 fully saturated rings. The molecule has 0 atom stereocenters. The highest BCUT2D eigenvalue weighted by atomic mass is 16.5. The van der Waals surface area contributed by atoms with Gasteiger partial charge in [0.2, 0.25) is 5.91 Å². The highest BCUT2D eigenvalue weighted by Crippen LogP contribution is 2.15. The molecule has 0 aromatic heterocycles. The summed E-state index contributed by atoms with van der Waals surface area (Å²) in [4.78, 5) is 19.2. The van der Waals surface area contributed by atoms with Gasteiger partial charge in [0.1, 0.15) is 5.75 Å². The first-order chi connectivity index (χ1) is 13.5. The van der Waals surface area contributed by atoms with Crippen LogP contribution in [0.1, 0.15) is 16.7 Å². The van der Waals surface area contributed by atoms with Crippen LogP contribution in [0.2, 0.25) is 0 Å². The van der Waals surface area contributed by atoms with Crippen LogP contribution in [-0.2, 0) is 17.9 Å². The van der Waals surface area contributed by atoms with E-state index in [-0.39, 0.29) is 5.91 Å². The van der Waals surface area contributed by atoms with Crippen LogP contribution < -0.4 is 4.74 Å². The van der Waals surface area contributed by atoms with Crippen molar-refractivity contribution in [3.8, 4) is 5.75 Å². The van der Waals surface area contributed by atoms with Crippen molar-refractivity contribution in [2.75, 3.05) is 46.9 Å². The zero-order valence-electron chi connectivity index (χ0n) is 17.2. The second-order valence-corrected chi connectivity index (χ2v) is 7.58. The Morgan fingerprint density at radius 1 is 1.04 bits per heavy atom. The quantitative estimate of drug-likeness (QED) is 0.739. The Labute approximate surface area is 168 Å². The lowest BCUT2D eigenvalue weighted by Crippen LogP contribution is -2.49. The summed E-state index contributed by atoms with van der Waals surface area (Å²) in [7, 11) is 3.53. The molecular formula is C23H31N3O2. The summed E-state index contributed by atoms with van der Waals surface area (Å²) in [5, 5.41) is 0. The number of benzene rings is 2. The van der Waals surface area contributed by atoms with Gasteiger partial charge >= 0.3 is 0 Å². The maximum atomic E-state index is 12.6. The molecule has 1 heterocycles. The number of carbonyl (C=O) groups is 1. The van der Waals surface area contributed by atoms with Gasteiger partial charge in [0.25, 0.3) is 0 Å². The third-order valence-corrected chi connectivity index (χ3v) is 5.46. The Bertz CT molecular complexity index is 785. The third kappa shape index (κ3) is 5.57. The van der Waals surface area contributed by atoms with Crippen molar-refractivity contribution in [2.45, 2.75) is 20.0 Å². The molecule has 5 nitrogen and oxygen atoms in total. The Morgan fingerprint density at radius 2 is 1.75 bits per heavy atom. The van der Waals surface area contributed by atoms with E-state index in [1.807, 2.05) is 31.3 Å². The lowest BCUT2D eigenvalue weighted by Gasteiger charge is -2.35. The smallest absolute Gasteiger partial charge is 0.236 e. The molecule has 0 N–H and O–H groups in total. The maximum absolute atomic E-state index is 12.6. The van der Waals surface area contributed by atoms with Crippen LogP contribution in [0, 0.1) is 6.92 Å². The van der Waals surface area contributed by atoms with Crippen molar-refractivity contribution in [1.82, 2.24) is 14.7 Å². The predicted molar refractivity (Wildman–Crippen MR) is 112 cm³/mol. The highest BCUT2D eigenvalue weighted by molar-refractivity contribution is 5.78. The molecule has 1 aliphatic heterocycles. The van der Waals surface area contributed by atoms with Gasteiger partial charge < -0.3 is 9.64 Å². The van der Waals surface area contributed by atoms with Crippen molar-refractivity contribution in [1.29, 1.82) is 0 Å². The largest absolute Gasteiger partial charge is 0.497 e. The summed E-state index contributed by atoms with van der Waals surface area (Å²) >= 11 is 0. The van der Waals surface area contributed by atoms with Gasteiger partial charge in [-0.1, -0.05) is 36.4 Å². The van der Waals surface area contributed by atoms with Gasteiger partial charge in [-0.3, -0.25) is 14.6 Å².